The second kappa shape index (κ2) is 2.64. The first-order valence-electron chi connectivity index (χ1n) is 2.92. The Labute approximate surface area is 54.7 Å². The van der Waals surface area contributed by atoms with Crippen LogP contribution in [0.1, 0.15) is 5.69 Å². The summed E-state index contributed by atoms with van der Waals surface area (Å²) in [5.74, 6) is 0. The van der Waals surface area contributed by atoms with Crippen molar-refractivity contribution in [1.29, 1.82) is 0 Å². The third kappa shape index (κ3) is 1.85. The van der Waals surface area contributed by atoms with Crippen LogP contribution in [-0.2, 0) is 6.54 Å². The van der Waals surface area contributed by atoms with Crippen molar-refractivity contribution in [2.24, 2.45) is 0 Å². The molecule has 1 N–H and O–H groups in total. The molecule has 3 heteroatoms. The van der Waals surface area contributed by atoms with E-state index in [2.05, 4.69) is 15.1 Å². The molecule has 0 saturated carbocycles. The average Bonchev–Trinajstić information content (AvgIpc) is 2.15. The number of nitrogens with one attached hydrogen (secondary N) is 1. The summed E-state index contributed by atoms with van der Waals surface area (Å²) in [7, 11) is 4.06. The highest BCUT2D eigenvalue weighted by Gasteiger charge is 1.92. The van der Waals surface area contributed by atoms with Gasteiger partial charge in [0.25, 0.3) is 0 Å². The van der Waals surface area contributed by atoms with E-state index in [0.29, 0.717) is 0 Å². The number of aromatic nitrogens is 2. The molecular weight excluding hydrogens is 114 g/mol. The molecule has 9 heavy (non-hydrogen) atoms. The van der Waals surface area contributed by atoms with E-state index in [1.807, 2.05) is 20.2 Å². The van der Waals surface area contributed by atoms with Gasteiger partial charge in [-0.15, -0.1) is 0 Å². The minimum Gasteiger partial charge on any atom is -0.304 e. The summed E-state index contributed by atoms with van der Waals surface area (Å²) in [6.07, 6.45) is 1.76. The van der Waals surface area contributed by atoms with Gasteiger partial charge in [0.05, 0.1) is 0 Å². The first-order valence-corrected chi connectivity index (χ1v) is 2.92. The minimum absolute atomic E-state index is 0.931. The van der Waals surface area contributed by atoms with Gasteiger partial charge in [-0.2, -0.15) is 5.10 Å². The van der Waals surface area contributed by atoms with Crippen LogP contribution < -0.4 is 0 Å². The van der Waals surface area contributed by atoms with Crippen LogP contribution in [0, 0.1) is 0 Å². The molecule has 3 nitrogen and oxygen atoms in total. The Morgan fingerprint density at radius 1 is 1.67 bits per heavy atom. The van der Waals surface area contributed by atoms with Crippen molar-refractivity contribution in [2.45, 2.75) is 6.54 Å². The maximum atomic E-state index is 3.82. The number of aromatic amines is 1. The van der Waals surface area contributed by atoms with E-state index in [4.69, 9.17) is 0 Å². The second-order valence-electron chi connectivity index (χ2n) is 2.32. The smallest absolute Gasteiger partial charge is 0.0492 e. The van der Waals surface area contributed by atoms with Gasteiger partial charge in [-0.3, -0.25) is 5.10 Å². The highest BCUT2D eigenvalue weighted by atomic mass is 15.1. The van der Waals surface area contributed by atoms with Crippen LogP contribution in [0.4, 0.5) is 0 Å². The molecule has 0 spiro atoms. The Hall–Kier alpha value is -0.830. The largest absolute Gasteiger partial charge is 0.304 e. The fourth-order valence-corrected chi connectivity index (χ4v) is 0.713. The lowest BCUT2D eigenvalue weighted by molar-refractivity contribution is 0.396. The Kier molecular flexibility index (Phi) is 1.85. The number of nitrogens with zero attached hydrogens (tertiary/aromatic N) is 2. The van der Waals surface area contributed by atoms with Gasteiger partial charge in [-0.25, -0.2) is 0 Å². The SMILES string of the molecule is CN(C)Cc1ccn[nH]1. The summed E-state index contributed by atoms with van der Waals surface area (Å²) >= 11 is 0. The van der Waals surface area contributed by atoms with Gasteiger partial charge in [0.2, 0.25) is 0 Å². The van der Waals surface area contributed by atoms with E-state index in [1.165, 1.54) is 0 Å². The third-order valence-electron chi connectivity index (χ3n) is 1.04. The number of H-pyrrole nitrogens is 1. The van der Waals surface area contributed by atoms with Crippen LogP contribution in [0.25, 0.3) is 0 Å². The predicted octanol–water partition coefficient (Wildman–Crippen LogP) is 0.471. The van der Waals surface area contributed by atoms with Crippen molar-refractivity contribution >= 4 is 0 Å². The topological polar surface area (TPSA) is 31.9 Å². The van der Waals surface area contributed by atoms with E-state index in [1.54, 1.807) is 6.20 Å². The summed E-state index contributed by atoms with van der Waals surface area (Å²) in [5.41, 5.74) is 1.15. The second-order valence-corrected chi connectivity index (χ2v) is 2.32. The van der Waals surface area contributed by atoms with Crippen LogP contribution in [0.5, 0.6) is 0 Å². The third-order valence-corrected chi connectivity index (χ3v) is 1.04. The Bertz CT molecular complexity index is 155. The van der Waals surface area contributed by atoms with Gasteiger partial charge in [0.1, 0.15) is 0 Å². The highest BCUT2D eigenvalue weighted by Crippen LogP contribution is 1.93. The van der Waals surface area contributed by atoms with Crippen LogP contribution >= 0.6 is 0 Å². The molecule has 0 aliphatic rings. The van der Waals surface area contributed by atoms with Crippen LogP contribution in [0.15, 0.2) is 12.3 Å². The molecule has 0 atom stereocenters. The van der Waals surface area contributed by atoms with E-state index in [9.17, 15) is 0 Å². The van der Waals surface area contributed by atoms with E-state index in [0.717, 1.165) is 12.2 Å². The molecule has 0 radical (unpaired) electrons. The first kappa shape index (κ1) is 6.29. The molecule has 1 heterocycles. The molecule has 0 aromatic carbocycles. The van der Waals surface area contributed by atoms with Gasteiger partial charge in [-0.1, -0.05) is 0 Å². The van der Waals surface area contributed by atoms with Crippen molar-refractivity contribution in [2.75, 3.05) is 14.1 Å². The molecule has 1 rings (SSSR count). The van der Waals surface area contributed by atoms with Crippen molar-refractivity contribution in [3.8, 4) is 0 Å². The summed E-state index contributed by atoms with van der Waals surface area (Å²) in [4.78, 5) is 2.09. The average molecular weight is 125 g/mol. The van der Waals surface area contributed by atoms with Crippen molar-refractivity contribution in [3.63, 3.8) is 0 Å². The van der Waals surface area contributed by atoms with Gasteiger partial charge in [-0.05, 0) is 20.2 Å². The van der Waals surface area contributed by atoms with Crippen molar-refractivity contribution in [1.82, 2.24) is 15.1 Å². The van der Waals surface area contributed by atoms with Gasteiger partial charge in [0, 0.05) is 18.4 Å². The van der Waals surface area contributed by atoms with Gasteiger partial charge in [0.15, 0.2) is 0 Å². The van der Waals surface area contributed by atoms with Crippen LogP contribution in [0.2, 0.25) is 0 Å². The maximum Gasteiger partial charge on any atom is 0.0492 e. The molecule has 0 bridgehead atoms. The van der Waals surface area contributed by atoms with Crippen LogP contribution in [-0.4, -0.2) is 29.2 Å². The zero-order valence-electron chi connectivity index (χ0n) is 5.76. The Morgan fingerprint density at radius 3 is 2.89 bits per heavy atom. The lowest BCUT2D eigenvalue weighted by Gasteiger charge is -2.05. The van der Waals surface area contributed by atoms with E-state index in [-0.39, 0.29) is 0 Å². The Balaban J connectivity index is 2.48. The number of hydrogen-bond acceptors (Lipinski definition) is 2. The van der Waals surface area contributed by atoms with Crippen LogP contribution in [0.3, 0.4) is 0 Å². The first-order chi connectivity index (χ1) is 4.29. The molecule has 0 aliphatic heterocycles. The highest BCUT2D eigenvalue weighted by molar-refractivity contribution is 4.96. The maximum absolute atomic E-state index is 3.82. The zero-order chi connectivity index (χ0) is 6.69. The van der Waals surface area contributed by atoms with Gasteiger partial charge >= 0.3 is 0 Å². The molecule has 0 saturated heterocycles. The molecule has 0 aliphatic carbocycles. The quantitative estimate of drug-likeness (QED) is 0.623. The minimum atomic E-state index is 0.931. The fourth-order valence-electron chi connectivity index (χ4n) is 0.713. The number of rotatable bonds is 2. The lowest BCUT2D eigenvalue weighted by atomic mass is 10.4. The molecule has 1 aromatic rings. The molecule has 50 valence electrons. The number of hydrogen-bond donors (Lipinski definition) is 1. The molecular formula is C6H11N3. The predicted molar refractivity (Wildman–Crippen MR) is 36.0 cm³/mol. The monoisotopic (exact) mass is 125 g/mol. The molecule has 0 unspecified atom stereocenters. The summed E-state index contributed by atoms with van der Waals surface area (Å²) in [5, 5.41) is 6.70. The summed E-state index contributed by atoms with van der Waals surface area (Å²) in [6, 6.07) is 1.97. The lowest BCUT2D eigenvalue weighted by Crippen LogP contribution is -2.10. The van der Waals surface area contributed by atoms with Crippen molar-refractivity contribution < 1.29 is 0 Å². The summed E-state index contributed by atoms with van der Waals surface area (Å²) in [6.45, 7) is 0.931. The van der Waals surface area contributed by atoms with Crippen molar-refractivity contribution in [3.05, 3.63) is 18.0 Å². The standard InChI is InChI=1S/C6H11N3/c1-9(2)5-6-3-4-7-8-6/h3-4H,5H2,1-2H3,(H,7,8). The molecule has 1 aromatic heterocycles. The van der Waals surface area contributed by atoms with E-state index < -0.39 is 0 Å². The fraction of sp³-hybridized carbons (Fsp3) is 0.500. The normalized spacial score (nSPS) is 10.6. The van der Waals surface area contributed by atoms with Gasteiger partial charge < -0.3 is 4.90 Å². The zero-order valence-corrected chi connectivity index (χ0v) is 5.76. The van der Waals surface area contributed by atoms with E-state index >= 15 is 0 Å². The molecule has 0 amide bonds. The molecule has 0 fully saturated rings. The Morgan fingerprint density at radius 2 is 2.44 bits per heavy atom. The summed E-state index contributed by atoms with van der Waals surface area (Å²) < 4.78 is 0.